The number of nitrogens with one attached hydrogen (secondary N) is 4. The molecular formula is C36H54N4O6. The Balaban J connectivity index is 2.18. The zero-order valence-electron chi connectivity index (χ0n) is 28.1. The summed E-state index contributed by atoms with van der Waals surface area (Å²) in [5, 5.41) is 20.7. The largest absolute Gasteiger partial charge is 0.507 e. The monoisotopic (exact) mass is 638 g/mol. The van der Waals surface area contributed by atoms with Gasteiger partial charge in [-0.1, -0.05) is 97.6 Å². The number of amides is 4. The molecule has 0 radical (unpaired) electrons. The summed E-state index contributed by atoms with van der Waals surface area (Å²) in [5.74, 6) is -3.32. The summed E-state index contributed by atoms with van der Waals surface area (Å²) < 4.78 is 0. The molecule has 0 saturated heterocycles. The Hall–Kier alpha value is -4.08. The van der Waals surface area contributed by atoms with Crippen LogP contribution in [0, 0.1) is 5.41 Å². The summed E-state index contributed by atoms with van der Waals surface area (Å²) in [6.45, 7) is 8.01. The van der Waals surface area contributed by atoms with Crippen molar-refractivity contribution in [1.29, 1.82) is 0 Å². The van der Waals surface area contributed by atoms with E-state index in [0.29, 0.717) is 6.42 Å². The first-order chi connectivity index (χ1) is 22.1. The topological polar surface area (TPSA) is 157 Å². The van der Waals surface area contributed by atoms with Crippen LogP contribution in [-0.4, -0.2) is 33.8 Å². The number of hydrazine groups is 2. The number of aryl methyl sites for hydroxylation is 2. The minimum Gasteiger partial charge on any atom is -0.507 e. The molecule has 254 valence electrons. The Morgan fingerprint density at radius 1 is 0.565 bits per heavy atom. The number of aromatic hydroxyl groups is 2. The lowest BCUT2D eigenvalue weighted by Crippen LogP contribution is -2.58. The second kappa shape index (κ2) is 20.1. The molecule has 6 N–H and O–H groups in total. The molecule has 0 heterocycles. The minimum absolute atomic E-state index is 0.0180. The van der Waals surface area contributed by atoms with Gasteiger partial charge < -0.3 is 10.2 Å². The summed E-state index contributed by atoms with van der Waals surface area (Å²) in [7, 11) is 0. The zero-order valence-corrected chi connectivity index (χ0v) is 28.1. The van der Waals surface area contributed by atoms with Gasteiger partial charge in [-0.3, -0.25) is 40.9 Å². The number of phenols is 2. The van der Waals surface area contributed by atoms with Crippen LogP contribution < -0.4 is 21.7 Å². The molecule has 10 heteroatoms. The van der Waals surface area contributed by atoms with Crippen molar-refractivity contribution in [2.45, 2.75) is 124 Å². The predicted molar refractivity (Wildman–Crippen MR) is 180 cm³/mol. The minimum atomic E-state index is -1.61. The molecule has 0 saturated carbocycles. The van der Waals surface area contributed by atoms with Crippen LogP contribution in [0.15, 0.2) is 36.4 Å². The summed E-state index contributed by atoms with van der Waals surface area (Å²) >= 11 is 0. The van der Waals surface area contributed by atoms with E-state index >= 15 is 0 Å². The maximum atomic E-state index is 13.7. The maximum absolute atomic E-state index is 13.7. The third-order valence-corrected chi connectivity index (χ3v) is 8.51. The lowest BCUT2D eigenvalue weighted by molar-refractivity contribution is -0.145. The number of phenolic OH excluding ortho intramolecular Hbond substituents is 2. The summed E-state index contributed by atoms with van der Waals surface area (Å²) in [5.41, 5.74) is 9.75. The fourth-order valence-electron chi connectivity index (χ4n) is 5.46. The van der Waals surface area contributed by atoms with Gasteiger partial charge in [-0.05, 0) is 73.9 Å². The number of benzene rings is 2. The average molecular weight is 639 g/mol. The molecular weight excluding hydrogens is 584 g/mol. The molecule has 0 aliphatic rings. The molecule has 2 rings (SSSR count). The Kier molecular flexibility index (Phi) is 16.7. The van der Waals surface area contributed by atoms with Gasteiger partial charge in [0.15, 0.2) is 0 Å². The van der Waals surface area contributed by atoms with Crippen molar-refractivity contribution in [3.63, 3.8) is 0 Å². The Labute approximate surface area is 274 Å². The van der Waals surface area contributed by atoms with E-state index in [9.17, 15) is 29.4 Å². The van der Waals surface area contributed by atoms with Gasteiger partial charge >= 0.3 is 0 Å². The second-order valence-electron chi connectivity index (χ2n) is 12.0. The van der Waals surface area contributed by atoms with Crippen LogP contribution in [0.4, 0.5) is 0 Å². The van der Waals surface area contributed by atoms with Gasteiger partial charge in [0.05, 0.1) is 11.1 Å². The summed E-state index contributed by atoms with van der Waals surface area (Å²) in [4.78, 5) is 53.3. The van der Waals surface area contributed by atoms with Crippen molar-refractivity contribution in [2.24, 2.45) is 5.41 Å². The van der Waals surface area contributed by atoms with Gasteiger partial charge in [0.2, 0.25) is 0 Å². The van der Waals surface area contributed by atoms with Crippen LogP contribution >= 0.6 is 0 Å². The lowest BCUT2D eigenvalue weighted by Gasteiger charge is -2.30. The summed E-state index contributed by atoms with van der Waals surface area (Å²) in [6.07, 6.45) is 12.3. The first-order valence-corrected chi connectivity index (χ1v) is 17.0. The highest BCUT2D eigenvalue weighted by Gasteiger charge is 2.44. The molecule has 10 nitrogen and oxygen atoms in total. The van der Waals surface area contributed by atoms with Gasteiger partial charge in [-0.2, -0.15) is 0 Å². The second-order valence-corrected chi connectivity index (χ2v) is 12.0. The molecule has 2 aromatic carbocycles. The molecule has 4 amide bonds. The van der Waals surface area contributed by atoms with Crippen LogP contribution in [0.3, 0.4) is 0 Å². The molecule has 0 fully saturated rings. The van der Waals surface area contributed by atoms with Crippen molar-refractivity contribution >= 4 is 23.6 Å². The smallest absolute Gasteiger partial charge is 0.273 e. The third-order valence-electron chi connectivity index (χ3n) is 8.51. The molecule has 46 heavy (non-hydrogen) atoms. The number of hydrogen-bond donors (Lipinski definition) is 6. The Morgan fingerprint density at radius 3 is 1.39 bits per heavy atom. The van der Waals surface area contributed by atoms with E-state index in [4.69, 9.17) is 0 Å². The SMILES string of the molecule is CCCCCCCC(CC)(C(=O)NNC(=O)c1cc(CCCCC)ccc1O)C(=O)NNC(=O)c1cc(CCCCC)ccc1O. The van der Waals surface area contributed by atoms with E-state index in [1.807, 2.05) is 0 Å². The predicted octanol–water partition coefficient (Wildman–Crippen LogP) is 6.54. The van der Waals surface area contributed by atoms with Crippen molar-refractivity contribution in [3.05, 3.63) is 58.7 Å². The van der Waals surface area contributed by atoms with E-state index in [1.165, 1.54) is 12.1 Å². The number of hydrogen-bond acceptors (Lipinski definition) is 6. The van der Waals surface area contributed by atoms with Gasteiger partial charge in [0, 0.05) is 0 Å². The number of unbranched alkanes of at least 4 members (excludes halogenated alkanes) is 8. The number of carbonyl (C=O) groups excluding carboxylic acids is 4. The average Bonchev–Trinajstić information content (AvgIpc) is 3.05. The molecule has 0 spiro atoms. The zero-order chi connectivity index (χ0) is 34.0. The number of carbonyl (C=O) groups is 4. The van der Waals surface area contributed by atoms with Crippen molar-refractivity contribution < 1.29 is 29.4 Å². The highest BCUT2D eigenvalue weighted by atomic mass is 16.3. The Bertz CT molecular complexity index is 1210. The maximum Gasteiger partial charge on any atom is 0.273 e. The van der Waals surface area contributed by atoms with Crippen molar-refractivity contribution in [2.75, 3.05) is 0 Å². The van der Waals surface area contributed by atoms with Crippen LogP contribution in [0.2, 0.25) is 0 Å². The molecule has 2 aromatic rings. The quantitative estimate of drug-likeness (QED) is 0.0583. The van der Waals surface area contributed by atoms with Crippen LogP contribution in [0.5, 0.6) is 11.5 Å². The van der Waals surface area contributed by atoms with Crippen LogP contribution in [0.1, 0.15) is 143 Å². The van der Waals surface area contributed by atoms with Crippen molar-refractivity contribution in [3.8, 4) is 11.5 Å². The van der Waals surface area contributed by atoms with Gasteiger partial charge in [0.25, 0.3) is 23.6 Å². The lowest BCUT2D eigenvalue weighted by atomic mass is 9.78. The van der Waals surface area contributed by atoms with E-state index in [1.54, 1.807) is 31.2 Å². The van der Waals surface area contributed by atoms with Crippen molar-refractivity contribution in [1.82, 2.24) is 21.7 Å². The van der Waals surface area contributed by atoms with Crippen LogP contribution in [-0.2, 0) is 22.4 Å². The molecule has 0 atom stereocenters. The van der Waals surface area contributed by atoms with Crippen LogP contribution in [0.25, 0.3) is 0 Å². The normalized spacial score (nSPS) is 11.1. The first kappa shape index (κ1) is 38.1. The van der Waals surface area contributed by atoms with E-state index in [2.05, 4.69) is 42.5 Å². The highest BCUT2D eigenvalue weighted by molar-refractivity contribution is 6.07. The number of rotatable bonds is 19. The first-order valence-electron chi connectivity index (χ1n) is 17.0. The summed E-state index contributed by atoms with van der Waals surface area (Å²) in [6, 6.07) is 9.65. The van der Waals surface area contributed by atoms with E-state index < -0.39 is 29.0 Å². The Morgan fingerprint density at radius 2 is 0.978 bits per heavy atom. The molecule has 0 unspecified atom stereocenters. The van der Waals surface area contributed by atoms with Gasteiger partial charge in [0.1, 0.15) is 16.9 Å². The third kappa shape index (κ3) is 11.4. The molecule has 0 aliphatic heterocycles. The van der Waals surface area contributed by atoms with E-state index in [-0.39, 0.29) is 35.5 Å². The fourth-order valence-corrected chi connectivity index (χ4v) is 5.46. The highest BCUT2D eigenvalue weighted by Crippen LogP contribution is 2.30. The van der Waals surface area contributed by atoms with Gasteiger partial charge in [-0.25, -0.2) is 0 Å². The standard InChI is InChI=1S/C36H54N4O6/c1-5-9-12-13-16-23-36(8-4,34(45)39-37-32(43)28-24-26(17-14-10-6-2)19-21-30(28)41)35(46)40-38-33(44)29-25-27(18-15-11-7-3)20-22-31(29)42/h19-22,24-25,41-42H,5-18,23H2,1-4H3,(H,37,43)(H,38,44)(H,39,45)(H,40,46). The molecule has 0 aliphatic carbocycles. The van der Waals surface area contributed by atoms with Gasteiger partial charge in [-0.15, -0.1) is 0 Å². The van der Waals surface area contributed by atoms with E-state index in [0.717, 1.165) is 88.2 Å². The molecule has 0 bridgehead atoms. The fraction of sp³-hybridized carbons (Fsp3) is 0.556. The molecule has 0 aromatic heterocycles.